The summed E-state index contributed by atoms with van der Waals surface area (Å²) in [4.78, 5) is 26.5. The van der Waals surface area contributed by atoms with E-state index in [-0.39, 0.29) is 23.8 Å². The average molecular weight is 329 g/mol. The Morgan fingerprint density at radius 2 is 2.04 bits per heavy atom. The number of nitrogens with zero attached hydrogens (tertiary/aromatic N) is 1. The van der Waals surface area contributed by atoms with E-state index in [1.165, 1.54) is 5.56 Å². The lowest BCUT2D eigenvalue weighted by molar-refractivity contribution is -0.131. The number of hydrogen-bond donors (Lipinski definition) is 2. The molecule has 2 unspecified atom stereocenters. The van der Waals surface area contributed by atoms with Crippen molar-refractivity contribution < 1.29 is 9.59 Å². The molecule has 2 aliphatic rings. The summed E-state index contributed by atoms with van der Waals surface area (Å²) in [5.41, 5.74) is 1.19. The summed E-state index contributed by atoms with van der Waals surface area (Å²) in [6, 6.07) is 10.2. The van der Waals surface area contributed by atoms with E-state index < -0.39 is 0 Å². The topological polar surface area (TPSA) is 61.4 Å². The Morgan fingerprint density at radius 3 is 2.71 bits per heavy atom. The Labute approximate surface area is 143 Å². The van der Waals surface area contributed by atoms with Crippen LogP contribution in [0.2, 0.25) is 0 Å². The predicted octanol–water partition coefficient (Wildman–Crippen LogP) is 1.19. The fourth-order valence-electron chi connectivity index (χ4n) is 3.37. The summed E-state index contributed by atoms with van der Waals surface area (Å²) < 4.78 is 0. The van der Waals surface area contributed by atoms with Crippen LogP contribution in [-0.4, -0.2) is 48.9 Å². The van der Waals surface area contributed by atoms with Crippen LogP contribution in [0.3, 0.4) is 0 Å². The number of carbonyl (C=O) groups is 2. The maximum atomic E-state index is 12.4. The molecule has 5 heteroatoms. The summed E-state index contributed by atoms with van der Waals surface area (Å²) in [5, 5.41) is 6.33. The Kier molecular flexibility index (Phi) is 5.51. The van der Waals surface area contributed by atoms with Crippen molar-refractivity contribution in [3.05, 3.63) is 35.9 Å². The highest BCUT2D eigenvalue weighted by Crippen LogP contribution is 2.18. The van der Waals surface area contributed by atoms with Gasteiger partial charge in [-0.25, -0.2) is 0 Å². The Bertz CT molecular complexity index is 571. The van der Waals surface area contributed by atoms with Crippen molar-refractivity contribution in [2.24, 2.45) is 11.8 Å². The average Bonchev–Trinajstić information content (AvgIpc) is 3.00. The number of aryl methyl sites for hydroxylation is 1. The molecular formula is C19H27N3O2. The van der Waals surface area contributed by atoms with Gasteiger partial charge in [0.15, 0.2) is 0 Å². The normalized spacial score (nSPS) is 22.0. The molecule has 2 saturated heterocycles. The molecule has 2 aliphatic heterocycles. The zero-order chi connectivity index (χ0) is 16.9. The van der Waals surface area contributed by atoms with E-state index >= 15 is 0 Å². The van der Waals surface area contributed by atoms with E-state index in [1.54, 1.807) is 0 Å². The molecule has 3 rings (SSSR count). The van der Waals surface area contributed by atoms with Gasteiger partial charge >= 0.3 is 0 Å². The third-order valence-corrected chi connectivity index (χ3v) is 5.29. The molecule has 5 nitrogen and oxygen atoms in total. The van der Waals surface area contributed by atoms with E-state index in [2.05, 4.69) is 22.8 Å². The van der Waals surface area contributed by atoms with Gasteiger partial charge in [-0.2, -0.15) is 0 Å². The van der Waals surface area contributed by atoms with Gasteiger partial charge < -0.3 is 15.5 Å². The van der Waals surface area contributed by atoms with Gasteiger partial charge in [-0.3, -0.25) is 9.59 Å². The summed E-state index contributed by atoms with van der Waals surface area (Å²) in [6.45, 7) is 5.26. The van der Waals surface area contributed by atoms with Crippen molar-refractivity contribution in [1.29, 1.82) is 0 Å². The Morgan fingerprint density at radius 1 is 1.29 bits per heavy atom. The van der Waals surface area contributed by atoms with Crippen LogP contribution < -0.4 is 10.6 Å². The largest absolute Gasteiger partial charge is 0.351 e. The van der Waals surface area contributed by atoms with E-state index in [4.69, 9.17) is 0 Å². The third kappa shape index (κ3) is 4.15. The SMILES string of the molecule is CC(C(=O)NC1CCN(C(=O)CCc2ccccc2)C1)C1CNC1. The molecule has 0 saturated carbocycles. The van der Waals surface area contributed by atoms with Crippen LogP contribution >= 0.6 is 0 Å². The van der Waals surface area contributed by atoms with Crippen molar-refractivity contribution in [2.75, 3.05) is 26.2 Å². The first-order chi connectivity index (χ1) is 11.6. The molecule has 0 radical (unpaired) electrons. The first-order valence-corrected chi connectivity index (χ1v) is 8.96. The van der Waals surface area contributed by atoms with Crippen molar-refractivity contribution in [2.45, 2.75) is 32.2 Å². The number of hydrogen-bond acceptors (Lipinski definition) is 3. The molecule has 2 fully saturated rings. The molecule has 2 amide bonds. The Balaban J connectivity index is 1.41. The highest BCUT2D eigenvalue weighted by molar-refractivity contribution is 5.80. The first-order valence-electron chi connectivity index (χ1n) is 8.96. The molecule has 0 aliphatic carbocycles. The molecule has 0 aromatic heterocycles. The number of nitrogens with one attached hydrogen (secondary N) is 2. The van der Waals surface area contributed by atoms with Crippen LogP contribution in [0.5, 0.6) is 0 Å². The molecular weight excluding hydrogens is 302 g/mol. The fraction of sp³-hybridized carbons (Fsp3) is 0.579. The Hall–Kier alpha value is -1.88. The molecule has 24 heavy (non-hydrogen) atoms. The second kappa shape index (κ2) is 7.79. The van der Waals surface area contributed by atoms with Crippen molar-refractivity contribution in [3.8, 4) is 0 Å². The highest BCUT2D eigenvalue weighted by atomic mass is 16.2. The molecule has 1 aromatic rings. The molecule has 0 bridgehead atoms. The molecule has 1 aromatic carbocycles. The number of likely N-dealkylation sites (tertiary alicyclic amines) is 1. The number of benzene rings is 1. The molecule has 2 atom stereocenters. The van der Waals surface area contributed by atoms with Crippen LogP contribution in [0.25, 0.3) is 0 Å². The van der Waals surface area contributed by atoms with Crippen LogP contribution in [0.1, 0.15) is 25.3 Å². The van der Waals surface area contributed by atoms with E-state index in [0.717, 1.165) is 32.5 Å². The zero-order valence-electron chi connectivity index (χ0n) is 14.3. The fourth-order valence-corrected chi connectivity index (χ4v) is 3.37. The summed E-state index contributed by atoms with van der Waals surface area (Å²) >= 11 is 0. The van der Waals surface area contributed by atoms with Crippen molar-refractivity contribution in [3.63, 3.8) is 0 Å². The van der Waals surface area contributed by atoms with Gasteiger partial charge in [-0.05, 0) is 37.4 Å². The van der Waals surface area contributed by atoms with Crippen LogP contribution in [0.15, 0.2) is 30.3 Å². The van der Waals surface area contributed by atoms with Crippen molar-refractivity contribution >= 4 is 11.8 Å². The van der Waals surface area contributed by atoms with E-state index in [0.29, 0.717) is 18.9 Å². The first kappa shape index (κ1) is 17.0. The maximum Gasteiger partial charge on any atom is 0.223 e. The van der Waals surface area contributed by atoms with Gasteiger partial charge in [0, 0.05) is 31.5 Å². The smallest absolute Gasteiger partial charge is 0.223 e. The lowest BCUT2D eigenvalue weighted by Gasteiger charge is -2.32. The predicted molar refractivity (Wildman–Crippen MR) is 93.4 cm³/mol. The van der Waals surface area contributed by atoms with Crippen LogP contribution in [0, 0.1) is 11.8 Å². The van der Waals surface area contributed by atoms with Gasteiger partial charge in [0.25, 0.3) is 0 Å². The van der Waals surface area contributed by atoms with Crippen LogP contribution in [0.4, 0.5) is 0 Å². The number of rotatable bonds is 6. The summed E-state index contributed by atoms with van der Waals surface area (Å²) in [5.74, 6) is 0.820. The molecule has 2 heterocycles. The highest BCUT2D eigenvalue weighted by Gasteiger charge is 2.32. The summed E-state index contributed by atoms with van der Waals surface area (Å²) in [7, 11) is 0. The minimum absolute atomic E-state index is 0.0501. The lowest BCUT2D eigenvalue weighted by atomic mass is 9.88. The monoisotopic (exact) mass is 329 g/mol. The molecule has 130 valence electrons. The second-order valence-corrected chi connectivity index (χ2v) is 7.03. The van der Waals surface area contributed by atoms with Gasteiger partial charge in [0.2, 0.25) is 11.8 Å². The number of amides is 2. The second-order valence-electron chi connectivity index (χ2n) is 7.03. The molecule has 2 N–H and O–H groups in total. The third-order valence-electron chi connectivity index (χ3n) is 5.29. The quantitative estimate of drug-likeness (QED) is 0.824. The minimum Gasteiger partial charge on any atom is -0.351 e. The van der Waals surface area contributed by atoms with Gasteiger partial charge in [0.1, 0.15) is 0 Å². The zero-order valence-corrected chi connectivity index (χ0v) is 14.3. The van der Waals surface area contributed by atoms with Gasteiger partial charge in [0.05, 0.1) is 0 Å². The lowest BCUT2D eigenvalue weighted by Crippen LogP contribution is -2.51. The van der Waals surface area contributed by atoms with Gasteiger partial charge in [-0.1, -0.05) is 37.3 Å². The molecule has 0 spiro atoms. The van der Waals surface area contributed by atoms with Gasteiger partial charge in [-0.15, -0.1) is 0 Å². The van der Waals surface area contributed by atoms with E-state index in [9.17, 15) is 9.59 Å². The van der Waals surface area contributed by atoms with Crippen molar-refractivity contribution in [1.82, 2.24) is 15.5 Å². The van der Waals surface area contributed by atoms with E-state index in [1.807, 2.05) is 30.0 Å². The van der Waals surface area contributed by atoms with Crippen LogP contribution in [-0.2, 0) is 16.0 Å². The number of carbonyl (C=O) groups excluding carboxylic acids is 2. The maximum absolute atomic E-state index is 12.4. The minimum atomic E-state index is 0.0501. The standard InChI is InChI=1S/C19H27N3O2/c1-14(16-11-20-12-16)19(24)21-17-9-10-22(13-17)18(23)8-7-15-5-3-2-4-6-15/h2-6,14,16-17,20H,7-13H2,1H3,(H,21,24). The summed E-state index contributed by atoms with van der Waals surface area (Å²) in [6.07, 6.45) is 2.17.